The second-order valence-corrected chi connectivity index (χ2v) is 6.44. The number of nitrogens with one attached hydrogen (secondary N) is 1. The Morgan fingerprint density at radius 1 is 1.14 bits per heavy atom. The zero-order chi connectivity index (χ0) is 15.4. The fourth-order valence-electron chi connectivity index (χ4n) is 2.36. The van der Waals surface area contributed by atoms with E-state index in [0.717, 1.165) is 33.5 Å². The van der Waals surface area contributed by atoms with Crippen molar-refractivity contribution in [3.63, 3.8) is 0 Å². The summed E-state index contributed by atoms with van der Waals surface area (Å²) in [6.45, 7) is 5.48. The molecule has 4 heteroatoms. The summed E-state index contributed by atoms with van der Waals surface area (Å²) in [6.07, 6.45) is 0. The van der Waals surface area contributed by atoms with Gasteiger partial charge < -0.3 is 10.1 Å². The van der Waals surface area contributed by atoms with Crippen LogP contribution in [0.1, 0.15) is 22.3 Å². The van der Waals surface area contributed by atoms with Crippen molar-refractivity contribution in [2.24, 2.45) is 0 Å². The molecule has 0 aliphatic heterocycles. The summed E-state index contributed by atoms with van der Waals surface area (Å²) in [6, 6.07) is 10.1. The summed E-state index contributed by atoms with van der Waals surface area (Å²) < 4.78 is 6.96. The van der Waals surface area contributed by atoms with Crippen LogP contribution < -0.4 is 10.1 Å². The number of aryl methyl sites for hydroxylation is 2. The van der Waals surface area contributed by atoms with E-state index in [1.165, 1.54) is 5.56 Å². The number of halogens is 2. The molecule has 0 aliphatic rings. The van der Waals surface area contributed by atoms with E-state index in [9.17, 15) is 0 Å². The predicted octanol–water partition coefficient (Wildman–Crippen LogP) is 5.02. The Morgan fingerprint density at radius 3 is 2.38 bits per heavy atom. The van der Waals surface area contributed by atoms with Gasteiger partial charge in [-0.1, -0.05) is 45.7 Å². The van der Waals surface area contributed by atoms with Crippen molar-refractivity contribution in [2.75, 3.05) is 7.05 Å². The normalized spacial score (nSPS) is 10.7. The van der Waals surface area contributed by atoms with Crippen LogP contribution in [0.25, 0.3) is 0 Å². The molecule has 0 aromatic heterocycles. The molecule has 0 radical (unpaired) electrons. The molecule has 0 bridgehead atoms. The Morgan fingerprint density at radius 2 is 1.81 bits per heavy atom. The molecule has 0 fully saturated rings. The van der Waals surface area contributed by atoms with Crippen molar-refractivity contribution in [3.05, 3.63) is 62.1 Å². The van der Waals surface area contributed by atoms with Gasteiger partial charge in [-0.05, 0) is 49.7 Å². The lowest BCUT2D eigenvalue weighted by Gasteiger charge is -2.15. The van der Waals surface area contributed by atoms with Gasteiger partial charge >= 0.3 is 0 Å². The lowest BCUT2D eigenvalue weighted by molar-refractivity contribution is 0.302. The highest BCUT2D eigenvalue weighted by Gasteiger charge is 2.08. The number of benzene rings is 2. The highest BCUT2D eigenvalue weighted by molar-refractivity contribution is 9.10. The first-order valence-corrected chi connectivity index (χ1v) is 8.00. The van der Waals surface area contributed by atoms with Gasteiger partial charge in [-0.3, -0.25) is 0 Å². The second kappa shape index (κ2) is 7.30. The molecule has 2 rings (SSSR count). The Bertz CT molecular complexity index is 620. The third-order valence-electron chi connectivity index (χ3n) is 3.29. The molecule has 0 amide bonds. The van der Waals surface area contributed by atoms with E-state index in [0.29, 0.717) is 11.6 Å². The minimum Gasteiger partial charge on any atom is -0.488 e. The van der Waals surface area contributed by atoms with Crippen LogP contribution in [0.3, 0.4) is 0 Å². The van der Waals surface area contributed by atoms with Gasteiger partial charge in [0.1, 0.15) is 12.4 Å². The molecule has 0 saturated heterocycles. The SMILES string of the molecule is CNCc1cc(C)c(OCc2ccc(Br)cc2Cl)c(C)c1. The largest absolute Gasteiger partial charge is 0.488 e. The standard InChI is InChI=1S/C17H19BrClNO/c1-11-6-13(9-20-3)7-12(2)17(11)21-10-14-4-5-15(18)8-16(14)19/h4-8,20H,9-10H2,1-3H3. The van der Waals surface area contributed by atoms with Gasteiger partial charge in [-0.15, -0.1) is 0 Å². The van der Waals surface area contributed by atoms with Gasteiger partial charge in [-0.2, -0.15) is 0 Å². The Labute approximate surface area is 139 Å². The molecular formula is C17H19BrClNO. The highest BCUT2D eigenvalue weighted by atomic mass is 79.9. The lowest BCUT2D eigenvalue weighted by Crippen LogP contribution is -2.06. The summed E-state index contributed by atoms with van der Waals surface area (Å²) in [5.41, 5.74) is 4.54. The average Bonchev–Trinajstić information content (AvgIpc) is 2.40. The van der Waals surface area contributed by atoms with Gasteiger partial charge in [0.15, 0.2) is 0 Å². The summed E-state index contributed by atoms with van der Waals surface area (Å²) in [7, 11) is 1.95. The number of ether oxygens (including phenoxy) is 1. The lowest BCUT2D eigenvalue weighted by atomic mass is 10.1. The van der Waals surface area contributed by atoms with Crippen molar-refractivity contribution in [3.8, 4) is 5.75 Å². The van der Waals surface area contributed by atoms with E-state index in [4.69, 9.17) is 16.3 Å². The fraction of sp³-hybridized carbons (Fsp3) is 0.294. The Balaban J connectivity index is 2.16. The Hall–Kier alpha value is -1.03. The summed E-state index contributed by atoms with van der Waals surface area (Å²) >= 11 is 9.63. The molecule has 112 valence electrons. The van der Waals surface area contributed by atoms with Gasteiger partial charge in [-0.25, -0.2) is 0 Å². The maximum absolute atomic E-state index is 6.22. The van der Waals surface area contributed by atoms with Crippen molar-refractivity contribution in [1.82, 2.24) is 5.32 Å². The van der Waals surface area contributed by atoms with Crippen LogP contribution in [0, 0.1) is 13.8 Å². The van der Waals surface area contributed by atoms with Crippen LogP contribution >= 0.6 is 27.5 Å². The molecule has 0 saturated carbocycles. The summed E-state index contributed by atoms with van der Waals surface area (Å²) in [4.78, 5) is 0. The van der Waals surface area contributed by atoms with E-state index in [1.54, 1.807) is 0 Å². The van der Waals surface area contributed by atoms with Crippen molar-refractivity contribution < 1.29 is 4.74 Å². The molecule has 21 heavy (non-hydrogen) atoms. The van der Waals surface area contributed by atoms with Gasteiger partial charge in [0.05, 0.1) is 0 Å². The van der Waals surface area contributed by atoms with Gasteiger partial charge in [0.2, 0.25) is 0 Å². The van der Waals surface area contributed by atoms with E-state index < -0.39 is 0 Å². The molecule has 0 aliphatic carbocycles. The number of hydrogen-bond donors (Lipinski definition) is 1. The zero-order valence-corrected chi connectivity index (χ0v) is 14.8. The summed E-state index contributed by atoms with van der Waals surface area (Å²) in [5, 5.41) is 3.88. The highest BCUT2D eigenvalue weighted by Crippen LogP contribution is 2.28. The molecule has 2 aromatic carbocycles. The quantitative estimate of drug-likeness (QED) is 0.800. The molecule has 1 N–H and O–H groups in total. The first-order valence-electron chi connectivity index (χ1n) is 6.82. The third kappa shape index (κ3) is 4.22. The maximum atomic E-state index is 6.22. The van der Waals surface area contributed by atoms with Crippen LogP contribution in [-0.4, -0.2) is 7.05 Å². The molecule has 0 atom stereocenters. The molecule has 2 nitrogen and oxygen atoms in total. The number of rotatable bonds is 5. The predicted molar refractivity (Wildman–Crippen MR) is 92.2 cm³/mol. The van der Waals surface area contributed by atoms with Gasteiger partial charge in [0.25, 0.3) is 0 Å². The van der Waals surface area contributed by atoms with Crippen LogP contribution in [0.2, 0.25) is 5.02 Å². The summed E-state index contributed by atoms with van der Waals surface area (Å²) in [5.74, 6) is 0.939. The van der Waals surface area contributed by atoms with Crippen LogP contribution in [-0.2, 0) is 13.2 Å². The smallest absolute Gasteiger partial charge is 0.125 e. The van der Waals surface area contributed by atoms with Crippen molar-refractivity contribution >= 4 is 27.5 Å². The minimum absolute atomic E-state index is 0.471. The molecule has 2 aromatic rings. The molecule has 0 spiro atoms. The molecular weight excluding hydrogens is 350 g/mol. The molecule has 0 unspecified atom stereocenters. The third-order valence-corrected chi connectivity index (χ3v) is 4.13. The maximum Gasteiger partial charge on any atom is 0.125 e. The first-order chi connectivity index (χ1) is 10.0. The average molecular weight is 369 g/mol. The van der Waals surface area contributed by atoms with Crippen molar-refractivity contribution in [2.45, 2.75) is 27.0 Å². The van der Waals surface area contributed by atoms with E-state index in [-0.39, 0.29) is 0 Å². The molecule has 0 heterocycles. The van der Waals surface area contributed by atoms with Crippen molar-refractivity contribution in [1.29, 1.82) is 0 Å². The van der Waals surface area contributed by atoms with Crippen LogP contribution in [0.4, 0.5) is 0 Å². The van der Waals surface area contributed by atoms with E-state index in [2.05, 4.69) is 47.2 Å². The van der Waals surface area contributed by atoms with Crippen LogP contribution in [0.5, 0.6) is 5.75 Å². The van der Waals surface area contributed by atoms with E-state index in [1.807, 2.05) is 25.2 Å². The topological polar surface area (TPSA) is 21.3 Å². The van der Waals surface area contributed by atoms with Crippen LogP contribution in [0.15, 0.2) is 34.8 Å². The second-order valence-electron chi connectivity index (χ2n) is 5.11. The number of hydrogen-bond acceptors (Lipinski definition) is 2. The monoisotopic (exact) mass is 367 g/mol. The first kappa shape index (κ1) is 16.3. The zero-order valence-electron chi connectivity index (χ0n) is 12.5. The fourth-order valence-corrected chi connectivity index (χ4v) is 3.09. The van der Waals surface area contributed by atoms with E-state index >= 15 is 0 Å². The Kier molecular flexibility index (Phi) is 5.68. The minimum atomic E-state index is 0.471. The van der Waals surface area contributed by atoms with Gasteiger partial charge in [0, 0.05) is 21.6 Å².